The first-order chi connectivity index (χ1) is 12.0. The molecule has 0 aliphatic carbocycles. The summed E-state index contributed by atoms with van der Waals surface area (Å²) < 4.78 is 13.6. The Balaban J connectivity index is 1.70. The summed E-state index contributed by atoms with van der Waals surface area (Å²) in [4.78, 5) is 24.4. The molecular formula is C19H18FN3O2. The van der Waals surface area contributed by atoms with Gasteiger partial charge in [0.25, 0.3) is 5.91 Å². The van der Waals surface area contributed by atoms with Gasteiger partial charge in [0.05, 0.1) is 5.69 Å². The molecule has 1 aliphatic rings. The van der Waals surface area contributed by atoms with Crippen molar-refractivity contribution in [3.8, 4) is 0 Å². The van der Waals surface area contributed by atoms with Crippen LogP contribution in [0, 0.1) is 12.7 Å². The summed E-state index contributed by atoms with van der Waals surface area (Å²) in [5.74, 6) is -0.805. The molecule has 1 aliphatic heterocycles. The molecule has 0 saturated carbocycles. The van der Waals surface area contributed by atoms with Gasteiger partial charge in [0.15, 0.2) is 0 Å². The molecule has 3 rings (SSSR count). The number of benzene rings is 2. The summed E-state index contributed by atoms with van der Waals surface area (Å²) in [7, 11) is 0. The van der Waals surface area contributed by atoms with Gasteiger partial charge in [-0.2, -0.15) is 5.10 Å². The largest absolute Gasteiger partial charge is 0.347 e. The van der Waals surface area contributed by atoms with Crippen molar-refractivity contribution < 1.29 is 14.0 Å². The minimum atomic E-state index is -0.352. The van der Waals surface area contributed by atoms with E-state index < -0.39 is 0 Å². The molecule has 2 aromatic rings. The SMILES string of the molecule is Cc1ccc(CNC(=O)C2=NN(c3ccccc3)C(=O)CC2)cc1F. The van der Waals surface area contributed by atoms with E-state index in [-0.39, 0.29) is 42.7 Å². The Labute approximate surface area is 145 Å². The molecule has 2 amide bonds. The zero-order chi connectivity index (χ0) is 17.8. The fourth-order valence-corrected chi connectivity index (χ4v) is 2.52. The smallest absolute Gasteiger partial charge is 0.267 e. The zero-order valence-corrected chi connectivity index (χ0v) is 13.8. The highest BCUT2D eigenvalue weighted by Gasteiger charge is 2.25. The number of hydrogen-bond acceptors (Lipinski definition) is 3. The number of para-hydroxylation sites is 1. The number of nitrogens with one attached hydrogen (secondary N) is 1. The zero-order valence-electron chi connectivity index (χ0n) is 13.8. The Morgan fingerprint density at radius 2 is 1.96 bits per heavy atom. The average molecular weight is 339 g/mol. The number of hydrazone groups is 1. The molecule has 0 bridgehead atoms. The minimum Gasteiger partial charge on any atom is -0.347 e. The summed E-state index contributed by atoms with van der Waals surface area (Å²) >= 11 is 0. The Bertz CT molecular complexity index is 834. The monoisotopic (exact) mass is 339 g/mol. The molecule has 25 heavy (non-hydrogen) atoms. The number of halogens is 1. The lowest BCUT2D eigenvalue weighted by atomic mass is 10.1. The van der Waals surface area contributed by atoms with Crippen molar-refractivity contribution in [2.75, 3.05) is 5.01 Å². The first kappa shape index (κ1) is 16.8. The van der Waals surface area contributed by atoms with Gasteiger partial charge in [0.1, 0.15) is 11.5 Å². The summed E-state index contributed by atoms with van der Waals surface area (Å²) in [5.41, 5.74) is 2.14. The van der Waals surface area contributed by atoms with Crippen LogP contribution in [-0.2, 0) is 16.1 Å². The van der Waals surface area contributed by atoms with Crippen molar-refractivity contribution in [3.63, 3.8) is 0 Å². The quantitative estimate of drug-likeness (QED) is 0.931. The first-order valence-electron chi connectivity index (χ1n) is 8.03. The van der Waals surface area contributed by atoms with Gasteiger partial charge in [-0.3, -0.25) is 9.59 Å². The van der Waals surface area contributed by atoms with E-state index in [2.05, 4.69) is 10.4 Å². The number of anilines is 1. The summed E-state index contributed by atoms with van der Waals surface area (Å²) in [6.45, 7) is 1.89. The second kappa shape index (κ2) is 7.25. The van der Waals surface area contributed by atoms with Crippen LogP contribution in [0.3, 0.4) is 0 Å². The van der Waals surface area contributed by atoms with Crippen LogP contribution in [0.2, 0.25) is 0 Å². The van der Waals surface area contributed by atoms with Crippen LogP contribution in [0.25, 0.3) is 0 Å². The van der Waals surface area contributed by atoms with Crippen LogP contribution < -0.4 is 10.3 Å². The summed E-state index contributed by atoms with van der Waals surface area (Å²) in [5, 5.41) is 8.17. The molecule has 1 N–H and O–H groups in total. The van der Waals surface area contributed by atoms with E-state index in [1.165, 1.54) is 11.1 Å². The molecule has 0 aromatic heterocycles. The molecule has 1 heterocycles. The van der Waals surface area contributed by atoms with Crippen molar-refractivity contribution in [1.82, 2.24) is 5.32 Å². The number of carbonyl (C=O) groups is 2. The molecule has 2 aromatic carbocycles. The highest BCUT2D eigenvalue weighted by molar-refractivity contribution is 6.40. The Hall–Kier alpha value is -3.02. The van der Waals surface area contributed by atoms with Crippen molar-refractivity contribution in [3.05, 3.63) is 65.5 Å². The Morgan fingerprint density at radius 1 is 1.20 bits per heavy atom. The van der Waals surface area contributed by atoms with Crippen LogP contribution in [-0.4, -0.2) is 17.5 Å². The van der Waals surface area contributed by atoms with Crippen molar-refractivity contribution in [2.24, 2.45) is 5.10 Å². The number of aryl methyl sites for hydroxylation is 1. The maximum atomic E-state index is 13.6. The van der Waals surface area contributed by atoms with Crippen LogP contribution in [0.15, 0.2) is 53.6 Å². The van der Waals surface area contributed by atoms with Crippen LogP contribution in [0.1, 0.15) is 24.0 Å². The summed E-state index contributed by atoms with van der Waals surface area (Å²) in [6, 6.07) is 13.8. The summed E-state index contributed by atoms with van der Waals surface area (Å²) in [6.07, 6.45) is 0.510. The second-order valence-corrected chi connectivity index (χ2v) is 5.85. The van der Waals surface area contributed by atoms with E-state index in [0.29, 0.717) is 16.8 Å². The van der Waals surface area contributed by atoms with Gasteiger partial charge < -0.3 is 5.32 Å². The van der Waals surface area contributed by atoms with E-state index in [0.717, 1.165) is 0 Å². The lowest BCUT2D eigenvalue weighted by Gasteiger charge is -2.23. The fraction of sp³-hybridized carbons (Fsp3) is 0.211. The molecule has 6 heteroatoms. The predicted molar refractivity (Wildman–Crippen MR) is 93.6 cm³/mol. The second-order valence-electron chi connectivity index (χ2n) is 5.85. The number of hydrogen-bond donors (Lipinski definition) is 1. The van der Waals surface area contributed by atoms with E-state index in [4.69, 9.17) is 0 Å². The maximum absolute atomic E-state index is 13.6. The van der Waals surface area contributed by atoms with Crippen molar-refractivity contribution >= 4 is 23.2 Å². The lowest BCUT2D eigenvalue weighted by Crippen LogP contribution is -2.38. The van der Waals surface area contributed by atoms with E-state index in [9.17, 15) is 14.0 Å². The van der Waals surface area contributed by atoms with Gasteiger partial charge >= 0.3 is 0 Å². The van der Waals surface area contributed by atoms with Gasteiger partial charge in [0, 0.05) is 19.4 Å². The highest BCUT2D eigenvalue weighted by Crippen LogP contribution is 2.19. The number of rotatable bonds is 4. The standard InChI is InChI=1S/C19H18FN3O2/c1-13-7-8-14(11-16(13)20)12-21-19(25)17-9-10-18(24)23(22-17)15-5-3-2-4-6-15/h2-8,11H,9-10,12H2,1H3,(H,21,25). The molecular weight excluding hydrogens is 321 g/mol. The van der Waals surface area contributed by atoms with Gasteiger partial charge in [-0.25, -0.2) is 9.40 Å². The number of carbonyl (C=O) groups excluding carboxylic acids is 2. The Kier molecular flexibility index (Phi) is 4.88. The molecule has 0 spiro atoms. The Morgan fingerprint density at radius 3 is 2.68 bits per heavy atom. The van der Waals surface area contributed by atoms with Gasteiger partial charge in [-0.05, 0) is 36.2 Å². The topological polar surface area (TPSA) is 61.8 Å². The third-order valence-corrected chi connectivity index (χ3v) is 3.98. The van der Waals surface area contributed by atoms with Crippen LogP contribution in [0.4, 0.5) is 10.1 Å². The normalized spacial score (nSPS) is 14.2. The molecule has 5 nitrogen and oxygen atoms in total. The van der Waals surface area contributed by atoms with Crippen LogP contribution in [0.5, 0.6) is 0 Å². The molecule has 0 atom stereocenters. The van der Waals surface area contributed by atoms with E-state index >= 15 is 0 Å². The van der Waals surface area contributed by atoms with Gasteiger partial charge in [-0.1, -0.05) is 30.3 Å². The molecule has 0 fully saturated rings. The highest BCUT2D eigenvalue weighted by atomic mass is 19.1. The predicted octanol–water partition coefficient (Wildman–Crippen LogP) is 2.93. The number of nitrogens with zero attached hydrogens (tertiary/aromatic N) is 2. The minimum absolute atomic E-state index is 0.150. The van der Waals surface area contributed by atoms with E-state index in [1.807, 2.05) is 6.07 Å². The van der Waals surface area contributed by atoms with Crippen molar-refractivity contribution in [1.29, 1.82) is 0 Å². The third-order valence-electron chi connectivity index (χ3n) is 3.98. The molecule has 0 saturated heterocycles. The number of amides is 2. The molecule has 0 radical (unpaired) electrons. The lowest BCUT2D eigenvalue weighted by molar-refractivity contribution is -0.119. The van der Waals surface area contributed by atoms with E-state index in [1.54, 1.807) is 43.3 Å². The fourth-order valence-electron chi connectivity index (χ4n) is 2.52. The third kappa shape index (κ3) is 3.91. The average Bonchev–Trinajstić information content (AvgIpc) is 2.63. The first-order valence-corrected chi connectivity index (χ1v) is 8.03. The molecule has 0 unspecified atom stereocenters. The van der Waals surface area contributed by atoms with Crippen molar-refractivity contribution in [2.45, 2.75) is 26.3 Å². The molecule has 128 valence electrons. The maximum Gasteiger partial charge on any atom is 0.267 e. The van der Waals surface area contributed by atoms with Gasteiger partial charge in [0.2, 0.25) is 5.91 Å². The van der Waals surface area contributed by atoms with Gasteiger partial charge in [-0.15, -0.1) is 0 Å². The van der Waals surface area contributed by atoms with Crippen LogP contribution >= 0.6 is 0 Å².